The van der Waals surface area contributed by atoms with Gasteiger partial charge in [-0.05, 0) is 37.6 Å². The Morgan fingerprint density at radius 3 is 2.50 bits per heavy atom. The van der Waals surface area contributed by atoms with Gasteiger partial charge in [0.05, 0.1) is 5.56 Å². The normalized spacial score (nSPS) is 16.3. The van der Waals surface area contributed by atoms with Crippen molar-refractivity contribution in [3.63, 3.8) is 0 Å². The van der Waals surface area contributed by atoms with Gasteiger partial charge >= 0.3 is 6.18 Å². The Morgan fingerprint density at radius 1 is 1.19 bits per heavy atom. The molecule has 0 amide bonds. The molecular weight excluding hydrogens is 458 g/mol. The number of nitrogens with one attached hydrogen (secondary N) is 1. The Bertz CT molecular complexity index is 572. The van der Waals surface area contributed by atoms with Crippen molar-refractivity contribution in [3.8, 4) is 0 Å². The van der Waals surface area contributed by atoms with E-state index in [1.807, 2.05) is 4.90 Å². The van der Waals surface area contributed by atoms with Gasteiger partial charge < -0.3 is 16.0 Å². The number of unbranched alkanes of at least 4 members (excludes halogenated alkanes) is 1. The molecule has 0 spiro atoms. The SMILES string of the molecule is CN=C(N)NCCCCN1CCN(c2cccc(C(F)(F)F)c2)CC1.I. The van der Waals surface area contributed by atoms with Gasteiger partial charge in [0.2, 0.25) is 0 Å². The van der Waals surface area contributed by atoms with E-state index in [4.69, 9.17) is 5.73 Å². The number of hydrogen-bond acceptors (Lipinski definition) is 3. The number of guanidine groups is 1. The molecule has 0 radical (unpaired) electrons. The fourth-order valence-corrected chi connectivity index (χ4v) is 2.86. The lowest BCUT2D eigenvalue weighted by Crippen LogP contribution is -2.46. The zero-order valence-corrected chi connectivity index (χ0v) is 17.3. The van der Waals surface area contributed by atoms with Gasteiger partial charge in [0.15, 0.2) is 5.96 Å². The van der Waals surface area contributed by atoms with Gasteiger partial charge in [0.25, 0.3) is 0 Å². The quantitative estimate of drug-likeness (QED) is 0.282. The summed E-state index contributed by atoms with van der Waals surface area (Å²) in [5.41, 5.74) is 5.62. The third-order valence-electron chi connectivity index (χ3n) is 4.36. The van der Waals surface area contributed by atoms with Crippen molar-refractivity contribution < 1.29 is 13.2 Å². The monoisotopic (exact) mass is 485 g/mol. The minimum absolute atomic E-state index is 0. The molecule has 0 saturated carbocycles. The topological polar surface area (TPSA) is 56.9 Å². The van der Waals surface area contributed by atoms with Crippen molar-refractivity contribution in [3.05, 3.63) is 29.8 Å². The molecule has 3 N–H and O–H groups in total. The van der Waals surface area contributed by atoms with Crippen LogP contribution in [0.25, 0.3) is 0 Å². The number of nitrogens with zero attached hydrogens (tertiary/aromatic N) is 3. The second kappa shape index (κ2) is 10.8. The maximum atomic E-state index is 12.8. The molecule has 2 rings (SSSR count). The van der Waals surface area contributed by atoms with E-state index in [-0.39, 0.29) is 24.0 Å². The van der Waals surface area contributed by atoms with Crippen LogP contribution in [-0.4, -0.2) is 57.2 Å². The zero-order valence-electron chi connectivity index (χ0n) is 14.9. The van der Waals surface area contributed by atoms with Crippen molar-refractivity contribution in [1.82, 2.24) is 10.2 Å². The Balaban J connectivity index is 0.00000338. The summed E-state index contributed by atoms with van der Waals surface area (Å²) in [5, 5.41) is 3.03. The summed E-state index contributed by atoms with van der Waals surface area (Å²) in [6.45, 7) is 5.00. The molecule has 9 heteroatoms. The Labute approximate surface area is 169 Å². The maximum absolute atomic E-state index is 12.8. The number of piperazine rings is 1. The highest BCUT2D eigenvalue weighted by Crippen LogP contribution is 2.31. The number of nitrogens with two attached hydrogens (primary N) is 1. The molecule has 1 aliphatic rings. The molecule has 1 aromatic rings. The summed E-state index contributed by atoms with van der Waals surface area (Å²) in [6.07, 6.45) is -2.24. The number of anilines is 1. The summed E-state index contributed by atoms with van der Waals surface area (Å²) in [7, 11) is 1.65. The number of halogens is 4. The Kier molecular flexibility index (Phi) is 9.48. The second-order valence-corrected chi connectivity index (χ2v) is 6.12. The molecule has 1 fully saturated rings. The minimum Gasteiger partial charge on any atom is -0.370 e. The van der Waals surface area contributed by atoms with E-state index in [1.54, 1.807) is 13.1 Å². The highest BCUT2D eigenvalue weighted by Gasteiger charge is 2.31. The summed E-state index contributed by atoms with van der Waals surface area (Å²) < 4.78 is 38.5. The van der Waals surface area contributed by atoms with Crippen molar-refractivity contribution in [2.24, 2.45) is 10.7 Å². The van der Waals surface area contributed by atoms with Crippen LogP contribution in [0, 0.1) is 0 Å². The maximum Gasteiger partial charge on any atom is 0.416 e. The smallest absolute Gasteiger partial charge is 0.370 e. The molecule has 1 aromatic carbocycles. The first-order valence-corrected chi connectivity index (χ1v) is 8.51. The predicted octanol–water partition coefficient (Wildman–Crippen LogP) is 2.76. The Hall–Kier alpha value is -1.23. The van der Waals surface area contributed by atoms with E-state index < -0.39 is 11.7 Å². The highest BCUT2D eigenvalue weighted by molar-refractivity contribution is 14.0. The van der Waals surface area contributed by atoms with Crippen molar-refractivity contribution in [1.29, 1.82) is 0 Å². The molecule has 1 saturated heterocycles. The van der Waals surface area contributed by atoms with Crippen LogP contribution in [0.5, 0.6) is 0 Å². The first-order chi connectivity index (χ1) is 11.9. The number of alkyl halides is 3. The molecule has 148 valence electrons. The fraction of sp³-hybridized carbons (Fsp3) is 0.588. The van der Waals surface area contributed by atoms with E-state index in [9.17, 15) is 13.2 Å². The standard InChI is InChI=1S/C17H26F3N5.HI/c1-22-16(21)23-7-2-3-8-24-9-11-25(12-10-24)15-6-4-5-14(13-15)17(18,19)20;/h4-6,13H,2-3,7-12H2,1H3,(H3,21,22,23);1H. The van der Waals surface area contributed by atoms with Gasteiger partial charge in [0.1, 0.15) is 0 Å². The fourth-order valence-electron chi connectivity index (χ4n) is 2.86. The van der Waals surface area contributed by atoms with E-state index in [1.165, 1.54) is 12.1 Å². The van der Waals surface area contributed by atoms with E-state index in [0.29, 0.717) is 11.6 Å². The molecule has 0 aromatic heterocycles. The van der Waals surface area contributed by atoms with Crippen LogP contribution < -0.4 is 16.0 Å². The second-order valence-electron chi connectivity index (χ2n) is 6.12. The highest BCUT2D eigenvalue weighted by atomic mass is 127. The number of rotatable bonds is 6. The zero-order chi connectivity index (χ0) is 18.3. The van der Waals surface area contributed by atoms with Crippen LogP contribution in [0.2, 0.25) is 0 Å². The average molecular weight is 485 g/mol. The molecule has 5 nitrogen and oxygen atoms in total. The van der Waals surface area contributed by atoms with Crippen LogP contribution in [-0.2, 0) is 6.18 Å². The largest absolute Gasteiger partial charge is 0.416 e. The number of hydrogen-bond donors (Lipinski definition) is 2. The first kappa shape index (κ1) is 22.8. The van der Waals surface area contributed by atoms with E-state index in [0.717, 1.165) is 58.2 Å². The summed E-state index contributed by atoms with van der Waals surface area (Å²) in [5.74, 6) is 0.453. The van der Waals surface area contributed by atoms with E-state index in [2.05, 4.69) is 15.2 Å². The summed E-state index contributed by atoms with van der Waals surface area (Å²) in [6, 6.07) is 5.57. The molecule has 1 aliphatic heterocycles. The molecule has 0 bridgehead atoms. The van der Waals surface area contributed by atoms with Gasteiger partial charge in [-0.25, -0.2) is 0 Å². The first-order valence-electron chi connectivity index (χ1n) is 8.51. The van der Waals surface area contributed by atoms with Crippen molar-refractivity contribution >= 4 is 35.6 Å². The van der Waals surface area contributed by atoms with Crippen LogP contribution in [0.15, 0.2) is 29.3 Å². The van der Waals surface area contributed by atoms with Gasteiger partial charge in [-0.3, -0.25) is 9.89 Å². The molecule has 26 heavy (non-hydrogen) atoms. The molecule has 0 atom stereocenters. The van der Waals surface area contributed by atoms with Crippen LogP contribution >= 0.6 is 24.0 Å². The van der Waals surface area contributed by atoms with E-state index >= 15 is 0 Å². The van der Waals surface area contributed by atoms with Crippen LogP contribution in [0.1, 0.15) is 18.4 Å². The number of benzene rings is 1. The third-order valence-corrected chi connectivity index (χ3v) is 4.36. The lowest BCUT2D eigenvalue weighted by Gasteiger charge is -2.36. The van der Waals surface area contributed by atoms with Crippen molar-refractivity contribution in [2.45, 2.75) is 19.0 Å². The van der Waals surface area contributed by atoms with Gasteiger partial charge in [-0.15, -0.1) is 24.0 Å². The van der Waals surface area contributed by atoms with Crippen LogP contribution in [0.4, 0.5) is 18.9 Å². The molecule has 0 unspecified atom stereocenters. The summed E-state index contributed by atoms with van der Waals surface area (Å²) in [4.78, 5) is 8.20. The lowest BCUT2D eigenvalue weighted by molar-refractivity contribution is -0.137. The van der Waals surface area contributed by atoms with Gasteiger partial charge in [-0.1, -0.05) is 6.07 Å². The lowest BCUT2D eigenvalue weighted by atomic mass is 10.1. The molecular formula is C17H27F3IN5. The number of aliphatic imine (C=N–C) groups is 1. The summed E-state index contributed by atoms with van der Waals surface area (Å²) >= 11 is 0. The molecule has 1 heterocycles. The van der Waals surface area contributed by atoms with Crippen LogP contribution in [0.3, 0.4) is 0 Å². The average Bonchev–Trinajstić information content (AvgIpc) is 2.61. The van der Waals surface area contributed by atoms with Gasteiger partial charge in [0, 0.05) is 45.5 Å². The molecule has 0 aliphatic carbocycles. The third kappa shape index (κ3) is 7.18. The Morgan fingerprint density at radius 2 is 1.88 bits per heavy atom. The van der Waals surface area contributed by atoms with Gasteiger partial charge in [-0.2, -0.15) is 13.2 Å². The minimum atomic E-state index is -4.29. The van der Waals surface area contributed by atoms with Crippen molar-refractivity contribution in [2.75, 3.05) is 51.2 Å². The predicted molar refractivity (Wildman–Crippen MR) is 110 cm³/mol.